The monoisotopic (exact) mass is 1060 g/mol. The molecule has 0 unspecified atom stereocenters. The van der Waals surface area contributed by atoms with Crippen LogP contribution in [0.15, 0.2) is 164 Å². The number of nitrogens with zero attached hydrogens (tertiary/aromatic N) is 4. The van der Waals surface area contributed by atoms with E-state index < -0.39 is 60.4 Å². The van der Waals surface area contributed by atoms with E-state index in [1.54, 1.807) is 18.2 Å². The van der Waals surface area contributed by atoms with Crippen LogP contribution >= 0.6 is 0 Å². The Hall–Kier alpha value is -6.55. The molecule has 1 aliphatic rings. The van der Waals surface area contributed by atoms with Crippen LogP contribution in [0.2, 0.25) is 0 Å². The Morgan fingerprint density at radius 2 is 1.24 bits per heavy atom. The van der Waals surface area contributed by atoms with Gasteiger partial charge in [0.2, 0.25) is 0 Å². The summed E-state index contributed by atoms with van der Waals surface area (Å²) in [6.45, 7) is 20.8. The van der Waals surface area contributed by atoms with Gasteiger partial charge in [0.05, 0.1) is 0 Å². The zero-order chi connectivity index (χ0) is 55.3. The zero-order valence-corrected chi connectivity index (χ0v) is 41.1. The number of para-hydroxylation sites is 3. The molecule has 0 aliphatic heterocycles. The van der Waals surface area contributed by atoms with Gasteiger partial charge in [-0.3, -0.25) is 0 Å². The minimum atomic E-state index is -0.563. The standard InChI is InChI=1S/C61H54N4O.Pt/c1-58(2,3)42-34-35-62-54(36-42)65-53-38-45(30-31-48(53)49-32-33-50-55(57(49)65)60(6,7)61(8,9)59(50,4)5)66-44-25-18-24-43(37-44)63-39-64(52-29-17-16-28-51(52)63)56-46(40-20-12-10-13-21-40)26-19-27-47(56)41-22-14-11-15-23-41;/h10-36H,1-9H3;/q-2;/i10D,11D,12D,13D,14D,15D,20D,21D,22D,23D;. The number of ether oxygens (including phenoxy) is 1. The van der Waals surface area contributed by atoms with Crippen molar-refractivity contribution in [3.05, 3.63) is 196 Å². The summed E-state index contributed by atoms with van der Waals surface area (Å²) in [5.74, 6) is 1.63. The van der Waals surface area contributed by atoms with Gasteiger partial charge in [0.15, 0.2) is 0 Å². The van der Waals surface area contributed by atoms with Crippen LogP contribution in [0, 0.1) is 21.4 Å². The average Bonchev–Trinajstić information content (AvgIpc) is 4.02. The van der Waals surface area contributed by atoms with E-state index in [4.69, 9.17) is 23.4 Å². The molecule has 0 radical (unpaired) electrons. The first-order valence-electron chi connectivity index (χ1n) is 27.4. The molecule has 11 rings (SSSR count). The Labute approximate surface area is 418 Å². The first kappa shape index (κ1) is 33.0. The molecular formula is C61H54N4OPt-2. The van der Waals surface area contributed by atoms with Crippen LogP contribution in [0.5, 0.6) is 11.5 Å². The van der Waals surface area contributed by atoms with E-state index in [1.165, 1.54) is 11.1 Å². The van der Waals surface area contributed by atoms with Crippen molar-refractivity contribution in [3.8, 4) is 50.9 Å². The molecule has 0 saturated heterocycles. The van der Waals surface area contributed by atoms with Crippen LogP contribution in [0.4, 0.5) is 0 Å². The fraction of sp³-hybridized carbons (Fsp3) is 0.213. The number of imidazole rings is 1. The Bertz CT molecular complexity index is 4110. The predicted molar refractivity (Wildman–Crippen MR) is 272 cm³/mol. The second-order valence-corrected chi connectivity index (χ2v) is 21.0. The van der Waals surface area contributed by atoms with Gasteiger partial charge in [-0.05, 0) is 38.9 Å². The molecule has 67 heavy (non-hydrogen) atoms. The molecule has 10 aromatic rings. The quantitative estimate of drug-likeness (QED) is 0.149. The summed E-state index contributed by atoms with van der Waals surface area (Å²) in [4.78, 5) is 5.05. The van der Waals surface area contributed by atoms with Crippen molar-refractivity contribution in [1.29, 1.82) is 0 Å². The maximum atomic E-state index is 9.12. The summed E-state index contributed by atoms with van der Waals surface area (Å²) >= 11 is 2.16. The van der Waals surface area contributed by atoms with Crippen LogP contribution in [-0.4, -0.2) is 18.7 Å². The summed E-state index contributed by atoms with van der Waals surface area (Å²) < 4.78 is 101. The van der Waals surface area contributed by atoms with Gasteiger partial charge < -0.3 is 0 Å². The molecular weight excluding hydrogens is 1000 g/mol. The molecule has 5 nitrogen and oxygen atoms in total. The number of aromatic nitrogens is 4. The Kier molecular flexibility index (Phi) is 7.64. The summed E-state index contributed by atoms with van der Waals surface area (Å²) in [5, 5.41) is 2.11. The van der Waals surface area contributed by atoms with Crippen molar-refractivity contribution in [2.45, 2.75) is 78.6 Å². The molecule has 0 fully saturated rings. The number of rotatable bonds is 7. The molecule has 0 saturated carbocycles. The van der Waals surface area contributed by atoms with Crippen molar-refractivity contribution in [1.82, 2.24) is 18.7 Å². The van der Waals surface area contributed by atoms with Crippen LogP contribution in [0.1, 0.15) is 92.7 Å². The second-order valence-electron chi connectivity index (χ2n) is 19.9. The molecule has 6 heteroatoms. The topological polar surface area (TPSA) is 36.9 Å². The van der Waals surface area contributed by atoms with Crippen molar-refractivity contribution in [2.75, 3.05) is 0 Å². The third kappa shape index (κ3) is 6.60. The summed E-state index contributed by atoms with van der Waals surface area (Å²) in [6.07, 6.45) is 1.89. The third-order valence-corrected chi connectivity index (χ3v) is 15.8. The van der Waals surface area contributed by atoms with E-state index in [9.17, 15) is 0 Å². The summed E-state index contributed by atoms with van der Waals surface area (Å²) in [5.41, 5.74) is 7.30. The molecule has 3 heterocycles. The Balaban J connectivity index is 1.12. The van der Waals surface area contributed by atoms with Gasteiger partial charge >= 0.3 is 307 Å². The maximum absolute atomic E-state index is 9.12. The second kappa shape index (κ2) is 15.5. The Morgan fingerprint density at radius 3 is 1.90 bits per heavy atom. The molecule has 3 aromatic heterocycles. The van der Waals surface area contributed by atoms with Gasteiger partial charge in [-0.1, -0.05) is 68.4 Å². The van der Waals surface area contributed by atoms with Crippen LogP contribution in [-0.2, 0) is 35.6 Å². The van der Waals surface area contributed by atoms with Crippen molar-refractivity contribution < 1.29 is 37.8 Å². The van der Waals surface area contributed by atoms with Gasteiger partial charge in [-0.2, -0.15) is 0 Å². The third-order valence-electron chi connectivity index (χ3n) is 14.8. The van der Waals surface area contributed by atoms with Gasteiger partial charge in [0.25, 0.3) is 0 Å². The molecule has 0 spiro atoms. The van der Waals surface area contributed by atoms with Gasteiger partial charge in [0, 0.05) is 6.20 Å². The van der Waals surface area contributed by atoms with E-state index in [0.717, 1.165) is 33.2 Å². The average molecular weight is 1060 g/mol. The predicted octanol–water partition coefficient (Wildman–Crippen LogP) is 15.6. The minimum absolute atomic E-state index is 0.0973. The first-order valence-corrected chi connectivity index (χ1v) is 23.5. The summed E-state index contributed by atoms with van der Waals surface area (Å²) in [6, 6.07) is 32.8. The molecule has 1 aliphatic carbocycles. The Morgan fingerprint density at radius 1 is 0.627 bits per heavy atom. The van der Waals surface area contributed by atoms with E-state index in [1.807, 2.05) is 63.9 Å². The number of pyridine rings is 1. The molecule has 0 atom stereocenters. The van der Waals surface area contributed by atoms with Crippen LogP contribution in [0.25, 0.3) is 72.3 Å². The number of hydrogen-bond donors (Lipinski definition) is 0. The zero-order valence-electron chi connectivity index (χ0n) is 48.8. The fourth-order valence-electron chi connectivity index (χ4n) is 10.1. The SMILES string of the molecule is [2H]c1c([2H])c([2H])c(-c2cccc(-c3c([2H])c([2H])c([2H])c([2H])c3[2H])c2-n2[c](=[Pt])n(-c3[c-]c(Oc4[c-]c5c(cc4)c4ccc6c(c4n5-c4cc(C(C)(C)C)ccn4)C(C)(C)C(C)(C)C6(C)C)ccc3)c3ccccc32)c([2H])c1[2H]. The number of fused-ring (bicyclic) bond motifs is 6. The van der Waals surface area contributed by atoms with Gasteiger partial charge in [-0.15, -0.1) is 0 Å². The van der Waals surface area contributed by atoms with Crippen LogP contribution in [0.3, 0.4) is 0 Å². The van der Waals surface area contributed by atoms with Crippen LogP contribution < -0.4 is 4.74 Å². The molecule has 0 bridgehead atoms. The fourth-order valence-corrected chi connectivity index (χ4v) is 11.2. The van der Waals surface area contributed by atoms with E-state index in [-0.39, 0.29) is 49.6 Å². The van der Waals surface area contributed by atoms with E-state index in [0.29, 0.717) is 32.0 Å². The normalized spacial score (nSPS) is 17.2. The molecule has 0 amide bonds. The van der Waals surface area contributed by atoms with Crippen molar-refractivity contribution >= 4 is 32.8 Å². The molecule has 0 N–H and O–H groups in total. The van der Waals surface area contributed by atoms with Crippen molar-refractivity contribution in [3.63, 3.8) is 0 Å². The molecule has 336 valence electrons. The van der Waals surface area contributed by atoms with Gasteiger partial charge in [0.1, 0.15) is 0 Å². The number of hydrogen-bond acceptors (Lipinski definition) is 2. The van der Waals surface area contributed by atoms with Gasteiger partial charge in [-0.25, -0.2) is 0 Å². The summed E-state index contributed by atoms with van der Waals surface area (Å²) in [7, 11) is 0. The molecule has 7 aromatic carbocycles. The first-order chi connectivity index (χ1) is 36.2. The van der Waals surface area contributed by atoms with E-state index in [2.05, 4.69) is 129 Å². The number of benzene rings is 7. The van der Waals surface area contributed by atoms with Crippen molar-refractivity contribution in [2.24, 2.45) is 5.41 Å². The van der Waals surface area contributed by atoms with E-state index >= 15 is 0 Å².